The largest absolute Gasteiger partial charge is 0.465 e. The minimum atomic E-state index is -3.01. The summed E-state index contributed by atoms with van der Waals surface area (Å²) in [6, 6.07) is 7.97. The molecule has 1 aromatic rings. The van der Waals surface area contributed by atoms with E-state index in [2.05, 4.69) is 96.1 Å². The number of esters is 1. The molecule has 318 valence electrons. The van der Waals surface area contributed by atoms with Gasteiger partial charge in [0, 0.05) is 27.5 Å². The molecule has 4 fully saturated rings. The molecule has 0 amide bonds. The van der Waals surface area contributed by atoms with E-state index in [9.17, 15) is 13.2 Å². The minimum Gasteiger partial charge on any atom is -0.465 e. The third-order valence-corrected chi connectivity index (χ3v) is 20.0. The molecule has 0 radical (unpaired) electrons. The van der Waals surface area contributed by atoms with Crippen molar-refractivity contribution in [3.05, 3.63) is 104 Å². The van der Waals surface area contributed by atoms with Crippen molar-refractivity contribution in [2.75, 3.05) is 25.2 Å². The Morgan fingerprint density at radius 2 is 1.52 bits per heavy atom. The Morgan fingerprint density at radius 1 is 0.862 bits per heavy atom. The maximum absolute atomic E-state index is 12.4. The lowest BCUT2D eigenvalue weighted by Crippen LogP contribution is -2.73. The Hall–Kier alpha value is -2.96. The maximum Gasteiger partial charge on any atom is 0.337 e. The molecule has 5 aliphatic rings. The molecule has 0 saturated heterocycles. The summed E-state index contributed by atoms with van der Waals surface area (Å²) in [5.74, 6) is 1.51. The normalized spacial score (nSPS) is 37.5. The highest BCUT2D eigenvalue weighted by molar-refractivity contribution is 7.91. The highest BCUT2D eigenvalue weighted by atomic mass is 32.2. The summed E-state index contributed by atoms with van der Waals surface area (Å²) in [6.45, 7) is 38.3. The van der Waals surface area contributed by atoms with E-state index in [-0.39, 0.29) is 55.5 Å². The fourth-order valence-electron chi connectivity index (χ4n) is 15.4. The van der Waals surface area contributed by atoms with Gasteiger partial charge in [-0.25, -0.2) is 13.2 Å². The number of carbonyl (C=O) groups excluding carboxylic acids is 1. The number of nitrogens with one attached hydrogen (secondary N) is 1. The standard InChI is InChI=1S/C52H75NO4S/c1-13-35-58(55,56)36-27-38(7)18-17-34-53-51-30-25-41(37(5)6)52(51,16-4)44-24-29-50(15-3)47(10,43(44)26-31-51)32-33-49(14-2)46(8,9)42(23-28-48(49,50)11)39-19-21-40(22-20-39)45(54)57-12/h14-16,19-23,41,43-44,53H,2-5,7,13,17-18,24-36H2,1,6,8-12H3/t41?,43?,44-,47-,48-,49-,50-,51?,52?/m0/s1. The van der Waals surface area contributed by atoms with Gasteiger partial charge in [-0.05, 0) is 154 Å². The van der Waals surface area contributed by atoms with Gasteiger partial charge in [0.1, 0.15) is 0 Å². The Morgan fingerprint density at radius 3 is 2.12 bits per heavy atom. The van der Waals surface area contributed by atoms with E-state index in [0.29, 0.717) is 36.2 Å². The van der Waals surface area contributed by atoms with Crippen LogP contribution in [0.2, 0.25) is 0 Å². The summed E-state index contributed by atoms with van der Waals surface area (Å²) < 4.78 is 29.7. The molecule has 5 nitrogen and oxygen atoms in total. The van der Waals surface area contributed by atoms with Crippen LogP contribution in [-0.2, 0) is 14.6 Å². The molecule has 1 aromatic carbocycles. The predicted octanol–water partition coefficient (Wildman–Crippen LogP) is 12.3. The van der Waals surface area contributed by atoms with Gasteiger partial charge in [-0.1, -0.05) is 95.4 Å². The van der Waals surface area contributed by atoms with E-state index in [0.717, 1.165) is 81.9 Å². The molecule has 0 bridgehead atoms. The fourth-order valence-corrected chi connectivity index (χ4v) is 16.8. The van der Waals surface area contributed by atoms with E-state index < -0.39 is 9.84 Å². The SMILES string of the molecule is C=CC12C(C(=C)C)CCC1(NCCCC(=C)CCS(=O)(=O)CCC)CCC1[C@@H]2CC[C@]2(C=C)[C@@]3(C)CC=C(c4ccc(C(=O)OC)cc4)C(C)(C)[C@]3(C=C)CC[C@@]12C. The first-order valence-corrected chi connectivity index (χ1v) is 24.2. The van der Waals surface area contributed by atoms with Crippen LogP contribution in [0.4, 0.5) is 0 Å². The van der Waals surface area contributed by atoms with E-state index in [1.165, 1.54) is 24.7 Å². The quantitative estimate of drug-likeness (QED) is 0.102. The topological polar surface area (TPSA) is 72.5 Å². The van der Waals surface area contributed by atoms with Gasteiger partial charge < -0.3 is 10.1 Å². The van der Waals surface area contributed by atoms with Gasteiger partial charge in [0.05, 0.1) is 18.4 Å². The summed E-state index contributed by atoms with van der Waals surface area (Å²) in [7, 11) is -1.58. The zero-order valence-electron chi connectivity index (χ0n) is 37.2. The molecule has 0 heterocycles. The van der Waals surface area contributed by atoms with Gasteiger partial charge in [-0.3, -0.25) is 0 Å². The monoisotopic (exact) mass is 810 g/mol. The molecule has 0 aromatic heterocycles. The molecule has 1 N–H and O–H groups in total. The summed E-state index contributed by atoms with van der Waals surface area (Å²) in [6.07, 6.45) is 22.6. The molecule has 0 aliphatic heterocycles. The number of sulfone groups is 1. The van der Waals surface area contributed by atoms with Crippen LogP contribution in [0.15, 0.2) is 92.6 Å². The van der Waals surface area contributed by atoms with Crippen molar-refractivity contribution in [1.29, 1.82) is 0 Å². The van der Waals surface area contributed by atoms with E-state index in [1.54, 1.807) is 0 Å². The lowest BCUT2D eigenvalue weighted by molar-refractivity contribution is -0.246. The number of benzene rings is 1. The number of ether oxygens (including phenoxy) is 1. The summed E-state index contributed by atoms with van der Waals surface area (Å²) in [5.41, 5.74) is 4.63. The van der Waals surface area contributed by atoms with Crippen LogP contribution in [0.25, 0.3) is 5.57 Å². The highest BCUT2D eigenvalue weighted by Crippen LogP contribution is 2.83. The van der Waals surface area contributed by atoms with Crippen molar-refractivity contribution in [3.8, 4) is 0 Å². The minimum absolute atomic E-state index is 0.0305. The molecule has 6 rings (SSSR count). The van der Waals surface area contributed by atoms with Crippen LogP contribution in [0.3, 0.4) is 0 Å². The van der Waals surface area contributed by atoms with Crippen LogP contribution >= 0.6 is 0 Å². The Labute approximate surface area is 353 Å². The number of carbonyl (C=O) groups is 1. The van der Waals surface area contributed by atoms with Crippen LogP contribution in [-0.4, -0.2) is 45.1 Å². The lowest BCUT2D eigenvalue weighted by Gasteiger charge is -2.77. The first kappa shape index (κ1) is 44.6. The smallest absolute Gasteiger partial charge is 0.337 e. The zero-order valence-corrected chi connectivity index (χ0v) is 38.1. The lowest BCUT2D eigenvalue weighted by atomic mass is 9.26. The molecule has 0 spiro atoms. The molecular formula is C52H75NO4S. The molecule has 58 heavy (non-hydrogen) atoms. The Balaban J connectivity index is 1.32. The summed E-state index contributed by atoms with van der Waals surface area (Å²) >= 11 is 0. The van der Waals surface area contributed by atoms with Crippen LogP contribution < -0.4 is 5.32 Å². The number of hydrogen-bond donors (Lipinski definition) is 1. The van der Waals surface area contributed by atoms with Gasteiger partial charge in [0.2, 0.25) is 0 Å². The third-order valence-electron chi connectivity index (χ3n) is 18.1. The molecule has 9 atom stereocenters. The number of hydrogen-bond acceptors (Lipinski definition) is 5. The molecule has 6 heteroatoms. The molecule has 5 aliphatic carbocycles. The first-order chi connectivity index (χ1) is 27.3. The second-order valence-electron chi connectivity index (χ2n) is 20.2. The van der Waals surface area contributed by atoms with Crippen molar-refractivity contribution in [1.82, 2.24) is 5.32 Å². The number of methoxy groups -OCH3 is 1. The molecule has 4 saturated carbocycles. The molecule has 4 unspecified atom stereocenters. The van der Waals surface area contributed by atoms with Gasteiger partial charge in [-0.15, -0.1) is 19.7 Å². The van der Waals surface area contributed by atoms with Crippen molar-refractivity contribution >= 4 is 21.4 Å². The second-order valence-corrected chi connectivity index (χ2v) is 22.5. The molecular weight excluding hydrogens is 735 g/mol. The second kappa shape index (κ2) is 15.8. The van der Waals surface area contributed by atoms with E-state index >= 15 is 0 Å². The van der Waals surface area contributed by atoms with Crippen LogP contribution in [0, 0.1) is 50.2 Å². The van der Waals surface area contributed by atoms with E-state index in [4.69, 9.17) is 17.9 Å². The number of rotatable bonds is 16. The Bertz CT molecular complexity index is 1960. The average molecular weight is 810 g/mol. The zero-order chi connectivity index (χ0) is 42.6. The highest BCUT2D eigenvalue weighted by Gasteiger charge is 2.77. The van der Waals surface area contributed by atoms with Crippen LogP contribution in [0.1, 0.15) is 141 Å². The number of allylic oxidation sites excluding steroid dienone is 6. The van der Waals surface area contributed by atoms with Gasteiger partial charge in [0.15, 0.2) is 9.84 Å². The Kier molecular flexibility index (Phi) is 12.2. The summed E-state index contributed by atoms with van der Waals surface area (Å²) in [5, 5.41) is 4.24. The first-order valence-electron chi connectivity index (χ1n) is 22.4. The van der Waals surface area contributed by atoms with Crippen molar-refractivity contribution in [2.45, 2.75) is 131 Å². The van der Waals surface area contributed by atoms with Crippen molar-refractivity contribution in [2.24, 2.45) is 50.2 Å². The average Bonchev–Trinajstić information content (AvgIpc) is 3.54. The third kappa shape index (κ3) is 6.21. The van der Waals surface area contributed by atoms with Crippen molar-refractivity contribution in [3.63, 3.8) is 0 Å². The van der Waals surface area contributed by atoms with E-state index in [1.807, 2.05) is 19.1 Å². The summed E-state index contributed by atoms with van der Waals surface area (Å²) in [4.78, 5) is 12.3. The fraction of sp³-hybridized carbons (Fsp3) is 0.635. The van der Waals surface area contributed by atoms with Gasteiger partial charge in [0.25, 0.3) is 0 Å². The maximum atomic E-state index is 12.4. The van der Waals surface area contributed by atoms with Crippen LogP contribution in [0.5, 0.6) is 0 Å². The van der Waals surface area contributed by atoms with Gasteiger partial charge >= 0.3 is 5.97 Å². The van der Waals surface area contributed by atoms with Crippen molar-refractivity contribution < 1.29 is 17.9 Å². The van der Waals surface area contributed by atoms with Gasteiger partial charge in [-0.2, -0.15) is 0 Å². The predicted molar refractivity (Wildman–Crippen MR) is 243 cm³/mol. The number of fused-ring (bicyclic) bond motifs is 7.